The van der Waals surface area contributed by atoms with Crippen LogP contribution >= 0.6 is 23.2 Å². The van der Waals surface area contributed by atoms with Crippen molar-refractivity contribution in [3.05, 3.63) is 69.2 Å². The summed E-state index contributed by atoms with van der Waals surface area (Å²) >= 11 is 12.2. The molecule has 1 heterocycles. The summed E-state index contributed by atoms with van der Waals surface area (Å²) in [5, 5.41) is 11.0. The number of hydrogen-bond donors (Lipinski definition) is 1. The average molecular weight is 379 g/mol. The first-order valence-corrected chi connectivity index (χ1v) is 7.96. The summed E-state index contributed by atoms with van der Waals surface area (Å²) in [5.41, 5.74) is 0.480. The minimum absolute atomic E-state index is 0.150. The second kappa shape index (κ2) is 6.78. The van der Waals surface area contributed by atoms with Gasteiger partial charge in [0, 0.05) is 11.1 Å². The van der Waals surface area contributed by atoms with Crippen molar-refractivity contribution >= 4 is 40.7 Å². The molecule has 25 heavy (non-hydrogen) atoms. The van der Waals surface area contributed by atoms with Gasteiger partial charge in [0.2, 0.25) is 0 Å². The molecule has 0 unspecified atom stereocenters. The summed E-state index contributed by atoms with van der Waals surface area (Å²) in [6, 6.07) is 11.1. The molecule has 0 bridgehead atoms. The SMILES string of the molecule is COc1ccc(C(O)=C2C(=O)C(=O)O[C@H]2c2cccc(Cl)c2Cl)cc1. The molecule has 0 radical (unpaired) electrons. The molecule has 0 saturated carbocycles. The molecular weight excluding hydrogens is 367 g/mol. The molecule has 2 aromatic rings. The van der Waals surface area contributed by atoms with Crippen LogP contribution in [0.2, 0.25) is 10.0 Å². The number of Topliss-reactive ketones (excluding diaryl/α,β-unsaturated/α-hetero) is 1. The zero-order chi connectivity index (χ0) is 18.1. The van der Waals surface area contributed by atoms with E-state index in [4.69, 9.17) is 32.7 Å². The third-order valence-electron chi connectivity index (χ3n) is 3.80. The third-order valence-corrected chi connectivity index (χ3v) is 4.63. The minimum Gasteiger partial charge on any atom is -0.507 e. The van der Waals surface area contributed by atoms with Gasteiger partial charge in [0.05, 0.1) is 22.7 Å². The van der Waals surface area contributed by atoms with Crippen molar-refractivity contribution in [2.24, 2.45) is 0 Å². The lowest BCUT2D eigenvalue weighted by Gasteiger charge is -2.14. The van der Waals surface area contributed by atoms with E-state index in [0.717, 1.165) is 0 Å². The van der Waals surface area contributed by atoms with E-state index in [1.54, 1.807) is 42.5 Å². The molecule has 7 heteroatoms. The minimum atomic E-state index is -1.13. The standard InChI is InChI=1S/C18H12Cl2O5/c1-24-10-7-5-9(6-8-10)15(21)13-16(22)18(23)25-17(13)11-3-2-4-12(19)14(11)20/h2-8,17,21H,1H3/t17-/m0/s1. The van der Waals surface area contributed by atoms with Crippen molar-refractivity contribution < 1.29 is 24.2 Å². The number of carbonyl (C=O) groups is 2. The quantitative estimate of drug-likeness (QED) is 0.376. The number of benzene rings is 2. The number of methoxy groups -OCH3 is 1. The molecule has 1 aliphatic heterocycles. The van der Waals surface area contributed by atoms with Gasteiger partial charge in [0.25, 0.3) is 5.78 Å². The van der Waals surface area contributed by atoms with Gasteiger partial charge in [0.15, 0.2) is 6.10 Å². The second-order valence-corrected chi connectivity index (χ2v) is 6.03. The highest BCUT2D eigenvalue weighted by atomic mass is 35.5. The summed E-state index contributed by atoms with van der Waals surface area (Å²) in [4.78, 5) is 24.0. The van der Waals surface area contributed by atoms with Crippen molar-refractivity contribution in [2.75, 3.05) is 7.11 Å². The van der Waals surface area contributed by atoms with Crippen LogP contribution in [-0.4, -0.2) is 24.0 Å². The average Bonchev–Trinajstić information content (AvgIpc) is 2.91. The maximum atomic E-state index is 12.2. The zero-order valence-electron chi connectivity index (χ0n) is 13.0. The highest BCUT2D eigenvalue weighted by Gasteiger charge is 2.43. The van der Waals surface area contributed by atoms with Gasteiger partial charge < -0.3 is 14.6 Å². The van der Waals surface area contributed by atoms with Crippen molar-refractivity contribution in [2.45, 2.75) is 6.10 Å². The Morgan fingerprint density at radius 3 is 2.44 bits per heavy atom. The number of aliphatic hydroxyl groups excluding tert-OH is 1. The fourth-order valence-corrected chi connectivity index (χ4v) is 2.93. The normalized spacial score (nSPS) is 18.9. The molecule has 1 saturated heterocycles. The molecule has 0 amide bonds. The van der Waals surface area contributed by atoms with Gasteiger partial charge in [-0.3, -0.25) is 4.79 Å². The summed E-state index contributed by atoms with van der Waals surface area (Å²) in [7, 11) is 1.51. The predicted octanol–water partition coefficient (Wildman–Crippen LogP) is 4.14. The van der Waals surface area contributed by atoms with Crippen LogP contribution in [0, 0.1) is 0 Å². The first kappa shape index (κ1) is 17.3. The van der Waals surface area contributed by atoms with Crippen molar-refractivity contribution in [3.63, 3.8) is 0 Å². The van der Waals surface area contributed by atoms with Crippen LogP contribution in [0.5, 0.6) is 5.75 Å². The molecule has 5 nitrogen and oxygen atoms in total. The van der Waals surface area contributed by atoms with E-state index in [9.17, 15) is 14.7 Å². The van der Waals surface area contributed by atoms with Crippen molar-refractivity contribution in [1.82, 2.24) is 0 Å². The van der Waals surface area contributed by atoms with Gasteiger partial charge in [-0.25, -0.2) is 4.79 Å². The third kappa shape index (κ3) is 3.08. The fourth-order valence-electron chi connectivity index (χ4n) is 2.53. The monoisotopic (exact) mass is 378 g/mol. The van der Waals surface area contributed by atoms with Crippen LogP contribution < -0.4 is 4.74 Å². The zero-order valence-corrected chi connectivity index (χ0v) is 14.5. The van der Waals surface area contributed by atoms with Gasteiger partial charge in [-0.2, -0.15) is 0 Å². The van der Waals surface area contributed by atoms with E-state index in [1.807, 2.05) is 0 Å². The smallest absolute Gasteiger partial charge is 0.380 e. The fraction of sp³-hybridized carbons (Fsp3) is 0.111. The molecule has 2 aromatic carbocycles. The van der Waals surface area contributed by atoms with Gasteiger partial charge in [-0.05, 0) is 30.3 Å². The molecule has 0 spiro atoms. The van der Waals surface area contributed by atoms with Crippen LogP contribution in [0.25, 0.3) is 5.76 Å². The topological polar surface area (TPSA) is 72.8 Å². The molecule has 1 aliphatic rings. The highest BCUT2D eigenvalue weighted by Crippen LogP contribution is 2.41. The number of aliphatic hydroxyl groups is 1. The molecule has 1 fully saturated rings. The number of esters is 1. The van der Waals surface area contributed by atoms with Crippen LogP contribution in [0.3, 0.4) is 0 Å². The lowest BCUT2D eigenvalue weighted by Crippen LogP contribution is -2.08. The number of hydrogen-bond acceptors (Lipinski definition) is 5. The first-order valence-electron chi connectivity index (χ1n) is 7.20. The molecule has 1 N–H and O–H groups in total. The number of rotatable bonds is 3. The molecule has 0 aliphatic carbocycles. The van der Waals surface area contributed by atoms with Crippen LogP contribution in [0.15, 0.2) is 48.0 Å². The highest BCUT2D eigenvalue weighted by molar-refractivity contribution is 6.45. The Kier molecular flexibility index (Phi) is 4.70. The predicted molar refractivity (Wildman–Crippen MR) is 92.8 cm³/mol. The van der Waals surface area contributed by atoms with E-state index in [1.165, 1.54) is 7.11 Å². The Balaban J connectivity index is 2.13. The van der Waals surface area contributed by atoms with Crippen LogP contribution in [0.4, 0.5) is 0 Å². The number of ether oxygens (including phenoxy) is 2. The van der Waals surface area contributed by atoms with Gasteiger partial charge in [-0.1, -0.05) is 35.3 Å². The van der Waals surface area contributed by atoms with Gasteiger partial charge in [-0.15, -0.1) is 0 Å². The lowest BCUT2D eigenvalue weighted by molar-refractivity contribution is -0.149. The van der Waals surface area contributed by atoms with E-state index in [-0.39, 0.29) is 21.4 Å². The van der Waals surface area contributed by atoms with Gasteiger partial charge in [0.1, 0.15) is 11.5 Å². The molecular formula is C18H12Cl2O5. The Morgan fingerprint density at radius 2 is 1.80 bits per heavy atom. The van der Waals surface area contributed by atoms with Gasteiger partial charge >= 0.3 is 5.97 Å². The Hall–Kier alpha value is -2.50. The number of halogens is 2. The summed E-state index contributed by atoms with van der Waals surface area (Å²) < 4.78 is 10.2. The van der Waals surface area contributed by atoms with Crippen LogP contribution in [0.1, 0.15) is 17.2 Å². The number of cyclic esters (lactones) is 1. The maximum absolute atomic E-state index is 12.2. The Morgan fingerprint density at radius 1 is 1.12 bits per heavy atom. The van der Waals surface area contributed by atoms with E-state index in [2.05, 4.69) is 0 Å². The maximum Gasteiger partial charge on any atom is 0.380 e. The second-order valence-electron chi connectivity index (χ2n) is 5.25. The molecule has 3 rings (SSSR count). The molecule has 128 valence electrons. The molecule has 0 aromatic heterocycles. The Labute approximate surface area is 153 Å². The van der Waals surface area contributed by atoms with Crippen LogP contribution in [-0.2, 0) is 14.3 Å². The number of carbonyl (C=O) groups excluding carboxylic acids is 2. The number of ketones is 1. The van der Waals surface area contributed by atoms with E-state index < -0.39 is 17.9 Å². The van der Waals surface area contributed by atoms with Crippen molar-refractivity contribution in [1.29, 1.82) is 0 Å². The molecule has 1 atom stereocenters. The van der Waals surface area contributed by atoms with E-state index in [0.29, 0.717) is 16.9 Å². The Bertz CT molecular complexity index is 887. The summed E-state index contributed by atoms with van der Waals surface area (Å²) in [6.07, 6.45) is -1.13. The lowest BCUT2D eigenvalue weighted by atomic mass is 9.96. The summed E-state index contributed by atoms with van der Waals surface area (Å²) in [6.45, 7) is 0. The summed E-state index contributed by atoms with van der Waals surface area (Å²) in [5.74, 6) is -1.76. The largest absolute Gasteiger partial charge is 0.507 e. The van der Waals surface area contributed by atoms with E-state index >= 15 is 0 Å². The van der Waals surface area contributed by atoms with Crippen molar-refractivity contribution in [3.8, 4) is 5.75 Å². The first-order chi connectivity index (χ1) is 11.9.